The molecular formula is C20H19IN2O3S. The average molecular weight is 494 g/mol. The molecule has 1 aliphatic rings. The monoisotopic (exact) mass is 494 g/mol. The van der Waals surface area contributed by atoms with E-state index in [1.807, 2.05) is 49.4 Å². The van der Waals surface area contributed by atoms with E-state index in [1.54, 1.807) is 17.0 Å². The van der Waals surface area contributed by atoms with Gasteiger partial charge in [-0.2, -0.15) is 0 Å². The lowest BCUT2D eigenvalue weighted by atomic mass is 10.2. The van der Waals surface area contributed by atoms with Crippen LogP contribution in [-0.4, -0.2) is 40.8 Å². The van der Waals surface area contributed by atoms with Crippen molar-refractivity contribution in [3.63, 3.8) is 0 Å². The maximum atomic E-state index is 12.9. The first-order valence-electron chi connectivity index (χ1n) is 8.50. The van der Waals surface area contributed by atoms with Gasteiger partial charge in [-0.25, -0.2) is 4.99 Å². The third-order valence-corrected chi connectivity index (χ3v) is 5.67. The standard InChI is InChI=1S/C20H19IN2O3S/c1-2-26-11-10-23-19(25)18(13-14-8-9-17(24)16(21)12-14)27-20(23)22-15-6-4-3-5-7-15/h3-9,12-13,24H,2,10-11H2,1H3/b18-13-,22-20?. The zero-order valence-electron chi connectivity index (χ0n) is 14.8. The van der Waals surface area contributed by atoms with Gasteiger partial charge in [0, 0.05) is 6.61 Å². The Balaban J connectivity index is 1.90. The molecule has 0 bridgehead atoms. The zero-order valence-corrected chi connectivity index (χ0v) is 17.7. The van der Waals surface area contributed by atoms with Crippen LogP contribution >= 0.6 is 34.4 Å². The van der Waals surface area contributed by atoms with Crippen molar-refractivity contribution in [1.82, 2.24) is 4.90 Å². The lowest BCUT2D eigenvalue weighted by Crippen LogP contribution is -2.32. The smallest absolute Gasteiger partial charge is 0.266 e. The summed E-state index contributed by atoms with van der Waals surface area (Å²) in [6, 6.07) is 14.8. The second-order valence-corrected chi connectivity index (χ2v) is 7.88. The summed E-state index contributed by atoms with van der Waals surface area (Å²) in [5.41, 5.74) is 1.66. The van der Waals surface area contributed by atoms with E-state index in [-0.39, 0.29) is 11.7 Å². The van der Waals surface area contributed by atoms with Crippen molar-refractivity contribution in [2.75, 3.05) is 19.8 Å². The number of phenolic OH excluding ortho intramolecular Hbond substituents is 1. The number of nitrogens with zero attached hydrogens (tertiary/aromatic N) is 2. The number of halogens is 1. The fraction of sp³-hybridized carbons (Fsp3) is 0.200. The van der Waals surface area contributed by atoms with Crippen molar-refractivity contribution in [3.8, 4) is 5.75 Å². The Hall–Kier alpha value is -1.84. The van der Waals surface area contributed by atoms with Crippen LogP contribution < -0.4 is 0 Å². The lowest BCUT2D eigenvalue weighted by molar-refractivity contribution is -0.122. The number of thioether (sulfide) groups is 1. The number of aromatic hydroxyl groups is 1. The van der Waals surface area contributed by atoms with Crippen LogP contribution in [0.3, 0.4) is 0 Å². The number of amides is 1. The highest BCUT2D eigenvalue weighted by Crippen LogP contribution is 2.34. The Kier molecular flexibility index (Phi) is 6.92. The lowest BCUT2D eigenvalue weighted by Gasteiger charge is -2.15. The molecule has 0 radical (unpaired) electrons. The molecule has 7 heteroatoms. The molecule has 1 aliphatic heterocycles. The third kappa shape index (κ3) is 5.12. The van der Waals surface area contributed by atoms with Crippen molar-refractivity contribution >= 4 is 57.2 Å². The van der Waals surface area contributed by atoms with Gasteiger partial charge >= 0.3 is 0 Å². The largest absolute Gasteiger partial charge is 0.507 e. The van der Waals surface area contributed by atoms with Crippen molar-refractivity contribution in [3.05, 3.63) is 62.6 Å². The fourth-order valence-corrected chi connectivity index (χ4v) is 4.03. The summed E-state index contributed by atoms with van der Waals surface area (Å²) < 4.78 is 6.16. The van der Waals surface area contributed by atoms with Gasteiger partial charge in [-0.3, -0.25) is 9.69 Å². The maximum absolute atomic E-state index is 12.9. The quantitative estimate of drug-likeness (QED) is 0.361. The molecule has 5 nitrogen and oxygen atoms in total. The van der Waals surface area contributed by atoms with Crippen molar-refractivity contribution < 1.29 is 14.6 Å². The predicted molar refractivity (Wildman–Crippen MR) is 118 cm³/mol. The predicted octanol–water partition coefficient (Wildman–Crippen LogP) is 4.64. The summed E-state index contributed by atoms with van der Waals surface area (Å²) in [6.07, 6.45) is 1.83. The normalized spacial score (nSPS) is 17.3. The van der Waals surface area contributed by atoms with Crippen LogP contribution in [0, 0.1) is 3.57 Å². The number of rotatable bonds is 6. The molecule has 0 atom stereocenters. The van der Waals surface area contributed by atoms with Gasteiger partial charge in [-0.15, -0.1) is 0 Å². The molecule has 0 aliphatic carbocycles. The maximum Gasteiger partial charge on any atom is 0.266 e. The van der Waals surface area contributed by atoms with E-state index in [0.717, 1.165) is 14.8 Å². The van der Waals surface area contributed by atoms with Crippen LogP contribution in [0.4, 0.5) is 5.69 Å². The van der Waals surface area contributed by atoms with Crippen LogP contribution in [-0.2, 0) is 9.53 Å². The van der Waals surface area contributed by atoms with Gasteiger partial charge < -0.3 is 9.84 Å². The highest BCUT2D eigenvalue weighted by Gasteiger charge is 2.33. The van der Waals surface area contributed by atoms with E-state index in [4.69, 9.17) is 4.74 Å². The molecule has 3 rings (SSSR count). The highest BCUT2D eigenvalue weighted by molar-refractivity contribution is 14.1. The SMILES string of the molecule is CCOCCN1C(=O)/C(=C/c2ccc(O)c(I)c2)SC1=Nc1ccccc1. The number of benzene rings is 2. The molecule has 1 N–H and O–H groups in total. The van der Waals surface area contributed by atoms with E-state index >= 15 is 0 Å². The van der Waals surface area contributed by atoms with Crippen LogP contribution in [0.25, 0.3) is 6.08 Å². The Bertz CT molecular complexity index is 884. The number of para-hydroxylation sites is 1. The van der Waals surface area contributed by atoms with E-state index in [0.29, 0.717) is 29.8 Å². The molecule has 2 aromatic carbocycles. The van der Waals surface area contributed by atoms with E-state index < -0.39 is 0 Å². The zero-order chi connectivity index (χ0) is 19.2. The number of carbonyl (C=O) groups excluding carboxylic acids is 1. The Morgan fingerprint density at radius 2 is 2.04 bits per heavy atom. The van der Waals surface area contributed by atoms with Gasteiger partial charge in [0.2, 0.25) is 0 Å². The molecular weight excluding hydrogens is 475 g/mol. The van der Waals surface area contributed by atoms with Crippen LogP contribution in [0.1, 0.15) is 12.5 Å². The van der Waals surface area contributed by atoms with E-state index in [9.17, 15) is 9.90 Å². The molecule has 0 saturated carbocycles. The van der Waals surface area contributed by atoms with Crippen LogP contribution in [0.15, 0.2) is 58.4 Å². The Morgan fingerprint density at radius 3 is 2.74 bits per heavy atom. The minimum Gasteiger partial charge on any atom is -0.507 e. The molecule has 1 amide bonds. The summed E-state index contributed by atoms with van der Waals surface area (Å²) in [5, 5.41) is 10.3. The van der Waals surface area contributed by atoms with Gasteiger partial charge in [0.15, 0.2) is 5.17 Å². The second kappa shape index (κ2) is 9.38. The molecule has 2 aromatic rings. The first kappa shape index (κ1) is 19.9. The number of aliphatic imine (C=N–C) groups is 1. The molecule has 1 fully saturated rings. The summed E-state index contributed by atoms with van der Waals surface area (Å²) in [4.78, 5) is 19.8. The molecule has 0 unspecified atom stereocenters. The molecule has 0 spiro atoms. The van der Waals surface area contributed by atoms with Crippen molar-refractivity contribution in [1.29, 1.82) is 0 Å². The van der Waals surface area contributed by atoms with Gasteiger partial charge in [0.25, 0.3) is 5.91 Å². The number of hydrogen-bond donors (Lipinski definition) is 1. The van der Waals surface area contributed by atoms with Crippen LogP contribution in [0.2, 0.25) is 0 Å². The topological polar surface area (TPSA) is 62.1 Å². The molecule has 0 aromatic heterocycles. The number of hydrogen-bond acceptors (Lipinski definition) is 5. The summed E-state index contributed by atoms with van der Waals surface area (Å²) in [6.45, 7) is 3.45. The van der Waals surface area contributed by atoms with Crippen molar-refractivity contribution in [2.24, 2.45) is 4.99 Å². The first-order valence-corrected chi connectivity index (χ1v) is 10.4. The first-order chi connectivity index (χ1) is 13.1. The van der Waals surface area contributed by atoms with E-state index in [2.05, 4.69) is 27.6 Å². The third-order valence-electron chi connectivity index (χ3n) is 3.80. The fourth-order valence-electron chi connectivity index (χ4n) is 2.47. The van der Waals surface area contributed by atoms with E-state index in [1.165, 1.54) is 11.8 Å². The molecule has 1 heterocycles. The van der Waals surface area contributed by atoms with Gasteiger partial charge in [0.05, 0.1) is 27.3 Å². The number of carbonyl (C=O) groups is 1. The van der Waals surface area contributed by atoms with Crippen LogP contribution in [0.5, 0.6) is 5.75 Å². The molecule has 140 valence electrons. The van der Waals surface area contributed by atoms with Gasteiger partial charge in [-0.1, -0.05) is 24.3 Å². The van der Waals surface area contributed by atoms with Gasteiger partial charge in [-0.05, 0) is 77.2 Å². The Morgan fingerprint density at radius 1 is 1.26 bits per heavy atom. The average Bonchev–Trinajstić information content (AvgIpc) is 2.94. The number of phenols is 1. The summed E-state index contributed by atoms with van der Waals surface area (Å²) >= 11 is 3.42. The van der Waals surface area contributed by atoms with Crippen molar-refractivity contribution in [2.45, 2.75) is 6.92 Å². The minimum absolute atomic E-state index is 0.0857. The minimum atomic E-state index is -0.0857. The summed E-state index contributed by atoms with van der Waals surface area (Å²) in [5.74, 6) is 0.144. The molecule has 27 heavy (non-hydrogen) atoms. The highest BCUT2D eigenvalue weighted by atomic mass is 127. The second-order valence-electron chi connectivity index (χ2n) is 5.71. The number of ether oxygens (including phenoxy) is 1. The van der Waals surface area contributed by atoms with Gasteiger partial charge in [0.1, 0.15) is 5.75 Å². The molecule has 1 saturated heterocycles. The Labute approximate surface area is 176 Å². The number of amidine groups is 1. The summed E-state index contributed by atoms with van der Waals surface area (Å²) in [7, 11) is 0.